The number of rotatable bonds is 0. The van der Waals surface area contributed by atoms with Crippen molar-refractivity contribution in [2.75, 3.05) is 0 Å². The fourth-order valence-electron chi connectivity index (χ4n) is 1.96. The number of halogens is 2. The predicted molar refractivity (Wildman–Crippen MR) is 57.8 cm³/mol. The Labute approximate surface area is 93.2 Å². The van der Waals surface area contributed by atoms with Gasteiger partial charge in [-0.05, 0) is 42.9 Å². The quantitative estimate of drug-likeness (QED) is 0.660. The Bertz CT molecular complexity index is 418. The molecule has 0 atom stereocenters. The number of aryl methyl sites for hydroxylation is 1. The van der Waals surface area contributed by atoms with Crippen molar-refractivity contribution < 1.29 is 0 Å². The smallest absolute Gasteiger partial charge is 0.101 e. The van der Waals surface area contributed by atoms with E-state index in [-0.39, 0.29) is 0 Å². The number of hydrogen-bond acceptors (Lipinski definition) is 1. The molecule has 0 heterocycles. The minimum Gasteiger partial charge on any atom is -0.192 e. The summed E-state index contributed by atoms with van der Waals surface area (Å²) in [6, 6.07) is 4.05. The standard InChI is InChI=1S/C11H9Cl2N/c12-10-5-7-3-1-2-4-8(7)9(6-14)11(10)13/h5H,1-4H2. The van der Waals surface area contributed by atoms with Gasteiger partial charge in [-0.1, -0.05) is 23.2 Å². The third-order valence-electron chi connectivity index (χ3n) is 2.65. The molecule has 1 aromatic carbocycles. The van der Waals surface area contributed by atoms with Crippen molar-refractivity contribution in [2.45, 2.75) is 25.7 Å². The maximum atomic E-state index is 9.01. The lowest BCUT2D eigenvalue weighted by Crippen LogP contribution is -2.05. The van der Waals surface area contributed by atoms with Crippen LogP contribution in [-0.4, -0.2) is 0 Å². The zero-order chi connectivity index (χ0) is 10.1. The maximum Gasteiger partial charge on any atom is 0.101 e. The molecule has 14 heavy (non-hydrogen) atoms. The average molecular weight is 226 g/mol. The van der Waals surface area contributed by atoms with Crippen LogP contribution in [0, 0.1) is 11.3 Å². The Hall–Kier alpha value is -0.710. The van der Waals surface area contributed by atoms with E-state index in [2.05, 4.69) is 6.07 Å². The molecule has 3 heteroatoms. The van der Waals surface area contributed by atoms with Gasteiger partial charge in [-0.2, -0.15) is 5.26 Å². The largest absolute Gasteiger partial charge is 0.192 e. The number of benzene rings is 1. The molecule has 0 bridgehead atoms. The fourth-order valence-corrected chi connectivity index (χ4v) is 2.40. The van der Waals surface area contributed by atoms with E-state index in [0.717, 1.165) is 24.8 Å². The Morgan fingerprint density at radius 2 is 1.93 bits per heavy atom. The first-order valence-electron chi connectivity index (χ1n) is 4.64. The summed E-state index contributed by atoms with van der Waals surface area (Å²) in [4.78, 5) is 0. The van der Waals surface area contributed by atoms with Gasteiger partial charge in [0, 0.05) is 0 Å². The summed E-state index contributed by atoms with van der Waals surface area (Å²) in [6.07, 6.45) is 4.28. The van der Waals surface area contributed by atoms with Gasteiger partial charge in [-0.3, -0.25) is 0 Å². The van der Waals surface area contributed by atoms with E-state index >= 15 is 0 Å². The van der Waals surface area contributed by atoms with E-state index in [1.54, 1.807) is 0 Å². The molecular weight excluding hydrogens is 217 g/mol. The third kappa shape index (κ3) is 1.49. The van der Waals surface area contributed by atoms with Gasteiger partial charge in [-0.15, -0.1) is 0 Å². The normalized spacial score (nSPS) is 14.6. The lowest BCUT2D eigenvalue weighted by molar-refractivity contribution is 0.684. The molecule has 72 valence electrons. The van der Waals surface area contributed by atoms with Crippen LogP contribution in [0.5, 0.6) is 0 Å². The van der Waals surface area contributed by atoms with Crippen molar-refractivity contribution in [3.05, 3.63) is 32.8 Å². The van der Waals surface area contributed by atoms with Gasteiger partial charge in [0.25, 0.3) is 0 Å². The van der Waals surface area contributed by atoms with Crippen molar-refractivity contribution >= 4 is 23.2 Å². The number of hydrogen-bond donors (Lipinski definition) is 0. The molecule has 0 saturated carbocycles. The Morgan fingerprint density at radius 1 is 1.21 bits per heavy atom. The highest BCUT2D eigenvalue weighted by molar-refractivity contribution is 6.42. The summed E-state index contributed by atoms with van der Waals surface area (Å²) in [5.74, 6) is 0. The van der Waals surface area contributed by atoms with Crippen LogP contribution in [0.3, 0.4) is 0 Å². The molecule has 0 unspecified atom stereocenters. The van der Waals surface area contributed by atoms with Gasteiger partial charge in [0.2, 0.25) is 0 Å². The van der Waals surface area contributed by atoms with Crippen molar-refractivity contribution in [2.24, 2.45) is 0 Å². The van der Waals surface area contributed by atoms with Crippen LogP contribution in [0.4, 0.5) is 0 Å². The Balaban J connectivity index is 2.67. The topological polar surface area (TPSA) is 23.8 Å². The van der Waals surface area contributed by atoms with Gasteiger partial charge in [0.05, 0.1) is 15.6 Å². The van der Waals surface area contributed by atoms with Gasteiger partial charge in [0.1, 0.15) is 6.07 Å². The second-order valence-corrected chi connectivity index (χ2v) is 4.29. The van der Waals surface area contributed by atoms with E-state index < -0.39 is 0 Å². The Kier molecular flexibility index (Phi) is 2.67. The van der Waals surface area contributed by atoms with Crippen LogP contribution in [0.25, 0.3) is 0 Å². The summed E-state index contributed by atoms with van der Waals surface area (Å²) in [5.41, 5.74) is 2.88. The van der Waals surface area contributed by atoms with E-state index in [1.165, 1.54) is 12.0 Å². The first-order valence-corrected chi connectivity index (χ1v) is 5.39. The molecule has 0 spiro atoms. The number of nitrogens with zero attached hydrogens (tertiary/aromatic N) is 1. The first kappa shape index (κ1) is 9.83. The zero-order valence-corrected chi connectivity index (χ0v) is 9.12. The summed E-state index contributed by atoms with van der Waals surface area (Å²) in [5, 5.41) is 9.92. The molecule has 1 aliphatic carbocycles. The summed E-state index contributed by atoms with van der Waals surface area (Å²) >= 11 is 11.9. The fraction of sp³-hybridized carbons (Fsp3) is 0.364. The van der Waals surface area contributed by atoms with E-state index in [4.69, 9.17) is 28.5 Å². The highest BCUT2D eigenvalue weighted by atomic mass is 35.5. The maximum absolute atomic E-state index is 9.01. The molecule has 0 amide bonds. The van der Waals surface area contributed by atoms with Crippen molar-refractivity contribution in [3.63, 3.8) is 0 Å². The lowest BCUT2D eigenvalue weighted by Gasteiger charge is -2.18. The Morgan fingerprint density at radius 3 is 2.64 bits per heavy atom. The predicted octanol–water partition coefficient (Wildman–Crippen LogP) is 3.74. The van der Waals surface area contributed by atoms with Crippen molar-refractivity contribution in [1.82, 2.24) is 0 Å². The van der Waals surface area contributed by atoms with Crippen molar-refractivity contribution in [1.29, 1.82) is 5.26 Å². The van der Waals surface area contributed by atoms with Gasteiger partial charge < -0.3 is 0 Å². The molecule has 0 aliphatic heterocycles. The van der Waals surface area contributed by atoms with Crippen LogP contribution in [0.15, 0.2) is 6.07 Å². The molecule has 1 aliphatic rings. The van der Waals surface area contributed by atoms with Crippen molar-refractivity contribution in [3.8, 4) is 6.07 Å². The van der Waals surface area contributed by atoms with Crippen LogP contribution in [0.1, 0.15) is 29.5 Å². The lowest BCUT2D eigenvalue weighted by atomic mass is 9.88. The van der Waals surface area contributed by atoms with Crippen LogP contribution in [-0.2, 0) is 12.8 Å². The molecule has 0 fully saturated rings. The minimum atomic E-state index is 0.412. The van der Waals surface area contributed by atoms with Crippen LogP contribution < -0.4 is 0 Å². The second kappa shape index (κ2) is 3.81. The SMILES string of the molecule is N#Cc1c(Cl)c(Cl)cc2c1CCCC2. The number of nitriles is 1. The summed E-state index contributed by atoms with van der Waals surface area (Å²) < 4.78 is 0. The summed E-state index contributed by atoms with van der Waals surface area (Å²) in [7, 11) is 0. The molecule has 1 aromatic rings. The zero-order valence-electron chi connectivity index (χ0n) is 7.61. The third-order valence-corrected chi connectivity index (χ3v) is 3.44. The van der Waals surface area contributed by atoms with Crippen LogP contribution in [0.2, 0.25) is 10.0 Å². The van der Waals surface area contributed by atoms with E-state index in [9.17, 15) is 0 Å². The average Bonchev–Trinajstić information content (AvgIpc) is 2.20. The van der Waals surface area contributed by atoms with E-state index in [1.807, 2.05) is 6.07 Å². The van der Waals surface area contributed by atoms with Gasteiger partial charge in [-0.25, -0.2) is 0 Å². The second-order valence-electron chi connectivity index (χ2n) is 3.50. The number of fused-ring (bicyclic) bond motifs is 1. The molecule has 0 aromatic heterocycles. The molecule has 0 radical (unpaired) electrons. The van der Waals surface area contributed by atoms with Gasteiger partial charge in [0.15, 0.2) is 0 Å². The highest BCUT2D eigenvalue weighted by Crippen LogP contribution is 2.34. The molecule has 1 nitrogen and oxygen atoms in total. The monoisotopic (exact) mass is 225 g/mol. The summed E-state index contributed by atoms with van der Waals surface area (Å²) in [6.45, 7) is 0. The minimum absolute atomic E-state index is 0.412. The molecule has 0 N–H and O–H groups in total. The van der Waals surface area contributed by atoms with E-state index in [0.29, 0.717) is 15.6 Å². The first-order chi connectivity index (χ1) is 6.74. The van der Waals surface area contributed by atoms with Gasteiger partial charge >= 0.3 is 0 Å². The molecular formula is C11H9Cl2N. The van der Waals surface area contributed by atoms with Crippen LogP contribution >= 0.6 is 23.2 Å². The molecule has 0 saturated heterocycles. The molecule has 2 rings (SSSR count). The highest BCUT2D eigenvalue weighted by Gasteiger charge is 2.18.